The smallest absolute Gasteiger partial charge is 0.230 e. The third-order valence-electron chi connectivity index (χ3n) is 6.05. The molecule has 1 aromatic carbocycles. The van der Waals surface area contributed by atoms with Crippen LogP contribution in [0.15, 0.2) is 30.3 Å². The number of hydrogen-bond acceptors (Lipinski definition) is 4. The SMILES string of the molecule is CCS(=O)(=O)N1CCC(C(=O)NC2CCNC(C)C2)(c2ccccc2)CC1.Cl. The number of nitrogens with zero attached hydrogens (tertiary/aromatic N) is 1. The molecule has 2 heterocycles. The van der Waals surface area contributed by atoms with Crippen LogP contribution in [0.25, 0.3) is 0 Å². The fraction of sp³-hybridized carbons (Fsp3) is 0.650. The zero-order chi connectivity index (χ0) is 19.5. The summed E-state index contributed by atoms with van der Waals surface area (Å²) in [7, 11) is -3.22. The molecule has 0 spiro atoms. The molecule has 0 radical (unpaired) electrons. The summed E-state index contributed by atoms with van der Waals surface area (Å²) in [5.41, 5.74) is 0.327. The van der Waals surface area contributed by atoms with Crippen LogP contribution in [0.3, 0.4) is 0 Å². The van der Waals surface area contributed by atoms with E-state index in [4.69, 9.17) is 0 Å². The Balaban J connectivity index is 0.00000280. The van der Waals surface area contributed by atoms with E-state index in [1.54, 1.807) is 6.92 Å². The molecule has 1 amide bonds. The van der Waals surface area contributed by atoms with Crippen LogP contribution >= 0.6 is 12.4 Å². The molecule has 0 aliphatic carbocycles. The van der Waals surface area contributed by atoms with Crippen molar-refractivity contribution < 1.29 is 13.2 Å². The lowest BCUT2D eigenvalue weighted by atomic mass is 9.72. The normalized spacial score (nSPS) is 25.5. The second-order valence-corrected chi connectivity index (χ2v) is 10.1. The number of hydrogen-bond donors (Lipinski definition) is 2. The van der Waals surface area contributed by atoms with Gasteiger partial charge in [-0.2, -0.15) is 0 Å². The third-order valence-corrected chi connectivity index (χ3v) is 7.94. The van der Waals surface area contributed by atoms with Gasteiger partial charge in [0.15, 0.2) is 0 Å². The van der Waals surface area contributed by atoms with Crippen LogP contribution < -0.4 is 10.6 Å². The molecule has 2 atom stereocenters. The van der Waals surface area contributed by atoms with Gasteiger partial charge in [-0.15, -0.1) is 12.4 Å². The summed E-state index contributed by atoms with van der Waals surface area (Å²) < 4.78 is 26.0. The third kappa shape index (κ3) is 4.87. The molecule has 1 aromatic rings. The van der Waals surface area contributed by atoms with Gasteiger partial charge < -0.3 is 10.6 Å². The first-order valence-corrected chi connectivity index (χ1v) is 11.6. The second-order valence-electron chi connectivity index (χ2n) is 7.80. The molecule has 2 aliphatic rings. The number of nitrogens with one attached hydrogen (secondary N) is 2. The summed E-state index contributed by atoms with van der Waals surface area (Å²) in [6.45, 7) is 5.49. The van der Waals surface area contributed by atoms with E-state index in [9.17, 15) is 13.2 Å². The zero-order valence-electron chi connectivity index (χ0n) is 16.7. The van der Waals surface area contributed by atoms with Crippen LogP contribution in [0.2, 0.25) is 0 Å². The van der Waals surface area contributed by atoms with Gasteiger partial charge in [0.05, 0.1) is 11.2 Å². The summed E-state index contributed by atoms with van der Waals surface area (Å²) >= 11 is 0. The highest BCUT2D eigenvalue weighted by molar-refractivity contribution is 7.89. The molecule has 2 fully saturated rings. The molecule has 0 saturated carbocycles. The van der Waals surface area contributed by atoms with Gasteiger partial charge in [0.2, 0.25) is 15.9 Å². The number of piperidine rings is 2. The van der Waals surface area contributed by atoms with E-state index in [-0.39, 0.29) is 30.1 Å². The van der Waals surface area contributed by atoms with E-state index in [0.29, 0.717) is 32.0 Å². The molecule has 2 saturated heterocycles. The van der Waals surface area contributed by atoms with Crippen LogP contribution in [-0.2, 0) is 20.2 Å². The van der Waals surface area contributed by atoms with Gasteiger partial charge in [0.1, 0.15) is 0 Å². The van der Waals surface area contributed by atoms with E-state index < -0.39 is 15.4 Å². The summed E-state index contributed by atoms with van der Waals surface area (Å²) in [6.07, 6.45) is 2.88. The van der Waals surface area contributed by atoms with Crippen LogP contribution in [0, 0.1) is 0 Å². The largest absolute Gasteiger partial charge is 0.352 e. The number of carbonyl (C=O) groups excluding carboxylic acids is 1. The molecule has 28 heavy (non-hydrogen) atoms. The molecular weight excluding hydrogens is 398 g/mol. The molecule has 2 aliphatic heterocycles. The lowest BCUT2D eigenvalue weighted by Gasteiger charge is -2.41. The Morgan fingerprint density at radius 1 is 1.25 bits per heavy atom. The minimum atomic E-state index is -3.22. The Kier molecular flexibility index (Phi) is 7.90. The van der Waals surface area contributed by atoms with Crippen molar-refractivity contribution in [1.29, 1.82) is 0 Å². The van der Waals surface area contributed by atoms with Crippen LogP contribution in [0.4, 0.5) is 0 Å². The fourth-order valence-electron chi connectivity index (χ4n) is 4.32. The summed E-state index contributed by atoms with van der Waals surface area (Å²) in [5.74, 6) is 0.145. The van der Waals surface area contributed by atoms with Gasteiger partial charge in [-0.3, -0.25) is 4.79 Å². The van der Waals surface area contributed by atoms with Crippen LogP contribution in [0.5, 0.6) is 0 Å². The number of halogens is 1. The van der Waals surface area contributed by atoms with Crippen LogP contribution in [-0.4, -0.2) is 56.1 Å². The Bertz CT molecular complexity index is 749. The standard InChI is InChI=1S/C20H31N3O3S.ClH/c1-3-27(25,26)23-13-10-20(11-14-23,17-7-5-4-6-8-17)19(24)22-18-9-12-21-16(2)15-18;/h4-8,16,18,21H,3,9-15H2,1-2H3,(H,22,24);1H. The highest BCUT2D eigenvalue weighted by atomic mass is 35.5. The van der Waals surface area contributed by atoms with Crippen molar-refractivity contribution >= 4 is 28.3 Å². The summed E-state index contributed by atoms with van der Waals surface area (Å²) in [6, 6.07) is 10.4. The molecule has 6 nitrogen and oxygen atoms in total. The van der Waals surface area contributed by atoms with Gasteiger partial charge in [-0.05, 0) is 51.6 Å². The molecule has 0 bridgehead atoms. The molecular formula is C20H32ClN3O3S. The predicted octanol–water partition coefficient (Wildman–Crippen LogP) is 2.05. The maximum Gasteiger partial charge on any atom is 0.230 e. The van der Waals surface area contributed by atoms with Crippen molar-refractivity contribution in [1.82, 2.24) is 14.9 Å². The van der Waals surface area contributed by atoms with Gasteiger partial charge in [-0.1, -0.05) is 30.3 Å². The van der Waals surface area contributed by atoms with E-state index in [2.05, 4.69) is 17.6 Å². The first kappa shape index (κ1) is 23.1. The fourth-order valence-corrected chi connectivity index (χ4v) is 5.42. The van der Waals surface area contributed by atoms with E-state index >= 15 is 0 Å². The van der Waals surface area contributed by atoms with E-state index in [1.807, 2.05) is 30.3 Å². The molecule has 2 N–H and O–H groups in total. The van der Waals surface area contributed by atoms with Gasteiger partial charge in [0, 0.05) is 25.2 Å². The zero-order valence-corrected chi connectivity index (χ0v) is 18.3. The Morgan fingerprint density at radius 2 is 1.89 bits per heavy atom. The van der Waals surface area contributed by atoms with E-state index in [0.717, 1.165) is 24.9 Å². The minimum Gasteiger partial charge on any atom is -0.352 e. The number of rotatable bonds is 5. The number of carbonyl (C=O) groups is 1. The molecule has 2 unspecified atom stereocenters. The Morgan fingerprint density at radius 3 is 2.46 bits per heavy atom. The molecule has 8 heteroatoms. The van der Waals surface area contributed by atoms with Crippen molar-refractivity contribution in [3.05, 3.63) is 35.9 Å². The lowest BCUT2D eigenvalue weighted by Crippen LogP contribution is -2.56. The quantitative estimate of drug-likeness (QED) is 0.750. The average Bonchev–Trinajstić information content (AvgIpc) is 2.68. The maximum atomic E-state index is 13.4. The molecule has 0 aromatic heterocycles. The maximum absolute atomic E-state index is 13.4. The monoisotopic (exact) mass is 429 g/mol. The highest BCUT2D eigenvalue weighted by Gasteiger charge is 2.45. The summed E-state index contributed by atoms with van der Waals surface area (Å²) in [5, 5.41) is 6.69. The number of amides is 1. The van der Waals surface area contributed by atoms with Crippen molar-refractivity contribution in [2.75, 3.05) is 25.4 Å². The first-order chi connectivity index (χ1) is 12.9. The van der Waals surface area contributed by atoms with Gasteiger partial charge in [0.25, 0.3) is 0 Å². The minimum absolute atomic E-state index is 0. The van der Waals surface area contributed by atoms with E-state index in [1.165, 1.54) is 4.31 Å². The van der Waals surface area contributed by atoms with Crippen molar-refractivity contribution in [2.24, 2.45) is 0 Å². The first-order valence-electron chi connectivity index (χ1n) is 9.95. The Labute approximate surface area is 174 Å². The van der Waals surface area contributed by atoms with Crippen molar-refractivity contribution in [3.8, 4) is 0 Å². The van der Waals surface area contributed by atoms with Crippen LogP contribution in [0.1, 0.15) is 45.1 Å². The topological polar surface area (TPSA) is 78.5 Å². The molecule has 3 rings (SSSR count). The highest BCUT2D eigenvalue weighted by Crippen LogP contribution is 2.37. The summed E-state index contributed by atoms with van der Waals surface area (Å²) in [4.78, 5) is 13.4. The Hall–Kier alpha value is -1.15. The number of sulfonamides is 1. The predicted molar refractivity (Wildman–Crippen MR) is 114 cm³/mol. The average molecular weight is 430 g/mol. The second kappa shape index (κ2) is 9.57. The van der Waals surface area contributed by atoms with Crippen molar-refractivity contribution in [2.45, 2.75) is 57.0 Å². The van der Waals surface area contributed by atoms with Gasteiger partial charge >= 0.3 is 0 Å². The number of benzene rings is 1. The molecule has 158 valence electrons. The van der Waals surface area contributed by atoms with Gasteiger partial charge in [-0.25, -0.2) is 12.7 Å². The van der Waals surface area contributed by atoms with Crippen molar-refractivity contribution in [3.63, 3.8) is 0 Å². The lowest BCUT2D eigenvalue weighted by molar-refractivity contribution is -0.129.